The van der Waals surface area contributed by atoms with Crippen LogP contribution < -0.4 is 5.32 Å². The Morgan fingerprint density at radius 2 is 2.28 bits per heavy atom. The molecule has 0 aliphatic rings. The number of benzene rings is 1. The summed E-state index contributed by atoms with van der Waals surface area (Å²) in [6.45, 7) is 9.06. The van der Waals surface area contributed by atoms with E-state index in [0.29, 0.717) is 12.2 Å². The van der Waals surface area contributed by atoms with Crippen molar-refractivity contribution in [2.45, 2.75) is 26.0 Å². The van der Waals surface area contributed by atoms with Gasteiger partial charge in [-0.05, 0) is 31.5 Å². The van der Waals surface area contributed by atoms with Gasteiger partial charge in [0.05, 0.1) is 24.3 Å². The van der Waals surface area contributed by atoms with Crippen LogP contribution in [0.4, 0.5) is 0 Å². The highest BCUT2D eigenvalue weighted by Gasteiger charge is 2.07. The molecular weight excluding hydrogens is 224 g/mol. The summed E-state index contributed by atoms with van der Waals surface area (Å²) in [6.07, 6.45) is 1.89. The number of hydrogen-bond acceptors (Lipinski definition) is 3. The second-order valence-corrected chi connectivity index (χ2v) is 4.30. The first-order chi connectivity index (χ1) is 8.67. The zero-order valence-corrected chi connectivity index (χ0v) is 11.0. The second-order valence-electron chi connectivity index (χ2n) is 4.30. The first-order valence-electron chi connectivity index (χ1n) is 6.13. The van der Waals surface area contributed by atoms with Crippen molar-refractivity contribution in [2.24, 2.45) is 0 Å². The fourth-order valence-electron chi connectivity index (χ4n) is 1.63. The predicted molar refractivity (Wildman–Crippen MR) is 73.2 cm³/mol. The molecule has 3 heteroatoms. The van der Waals surface area contributed by atoms with Gasteiger partial charge in [-0.15, -0.1) is 6.58 Å². The Hall–Kier alpha value is -1.63. The minimum Gasteiger partial charge on any atom is -0.373 e. The third-order valence-electron chi connectivity index (χ3n) is 2.73. The largest absolute Gasteiger partial charge is 0.373 e. The lowest BCUT2D eigenvalue weighted by molar-refractivity contribution is 0.0860. The number of hydrogen-bond donors (Lipinski definition) is 1. The Bertz CT molecular complexity index is 423. The van der Waals surface area contributed by atoms with E-state index in [1.807, 2.05) is 31.2 Å². The molecule has 96 valence electrons. The first-order valence-corrected chi connectivity index (χ1v) is 6.13. The molecule has 0 amide bonds. The normalized spacial score (nSPS) is 13.6. The van der Waals surface area contributed by atoms with Crippen molar-refractivity contribution in [3.8, 4) is 6.07 Å². The standard InChI is InChI=1S/C15H20N2O/c1-4-8-18-12(2)11-17-13(3)15-7-5-6-14(9-15)10-16/h4-7,9,12-13,17H,1,8,11H2,2-3H3. The van der Waals surface area contributed by atoms with Gasteiger partial charge in [0, 0.05) is 12.6 Å². The zero-order chi connectivity index (χ0) is 13.4. The summed E-state index contributed by atoms with van der Waals surface area (Å²) >= 11 is 0. The van der Waals surface area contributed by atoms with E-state index in [-0.39, 0.29) is 12.1 Å². The summed E-state index contributed by atoms with van der Waals surface area (Å²) in [7, 11) is 0. The van der Waals surface area contributed by atoms with E-state index in [4.69, 9.17) is 10.00 Å². The number of ether oxygens (including phenoxy) is 1. The maximum Gasteiger partial charge on any atom is 0.0991 e. The molecule has 0 aromatic heterocycles. The summed E-state index contributed by atoms with van der Waals surface area (Å²) in [4.78, 5) is 0. The molecule has 1 aromatic rings. The molecule has 3 nitrogen and oxygen atoms in total. The van der Waals surface area contributed by atoms with Gasteiger partial charge in [-0.1, -0.05) is 18.2 Å². The third-order valence-corrected chi connectivity index (χ3v) is 2.73. The highest BCUT2D eigenvalue weighted by molar-refractivity contribution is 5.33. The average Bonchev–Trinajstić information content (AvgIpc) is 2.42. The summed E-state index contributed by atoms with van der Waals surface area (Å²) in [5.74, 6) is 0. The van der Waals surface area contributed by atoms with E-state index in [0.717, 1.165) is 12.1 Å². The summed E-state index contributed by atoms with van der Waals surface area (Å²) < 4.78 is 5.49. The molecule has 0 aliphatic carbocycles. The third kappa shape index (κ3) is 4.70. The van der Waals surface area contributed by atoms with Crippen LogP contribution >= 0.6 is 0 Å². The topological polar surface area (TPSA) is 45.0 Å². The van der Waals surface area contributed by atoms with Crippen LogP contribution in [0.3, 0.4) is 0 Å². The zero-order valence-electron chi connectivity index (χ0n) is 11.0. The van der Waals surface area contributed by atoms with Crippen molar-refractivity contribution in [3.63, 3.8) is 0 Å². The van der Waals surface area contributed by atoms with Crippen LogP contribution in [0.5, 0.6) is 0 Å². The number of nitriles is 1. The van der Waals surface area contributed by atoms with Crippen molar-refractivity contribution in [1.29, 1.82) is 5.26 Å². The second kappa shape index (κ2) is 7.65. The molecule has 0 saturated heterocycles. The van der Waals surface area contributed by atoms with Crippen molar-refractivity contribution < 1.29 is 4.74 Å². The van der Waals surface area contributed by atoms with E-state index in [9.17, 15) is 0 Å². The highest BCUT2D eigenvalue weighted by atomic mass is 16.5. The molecule has 0 spiro atoms. The van der Waals surface area contributed by atoms with Crippen LogP contribution in [-0.4, -0.2) is 19.3 Å². The number of nitrogens with zero attached hydrogens (tertiary/aromatic N) is 1. The molecule has 1 N–H and O–H groups in total. The quantitative estimate of drug-likeness (QED) is 0.750. The van der Waals surface area contributed by atoms with Crippen LogP contribution in [-0.2, 0) is 4.74 Å². The first kappa shape index (κ1) is 14.4. The highest BCUT2D eigenvalue weighted by Crippen LogP contribution is 2.13. The molecule has 1 aromatic carbocycles. The lowest BCUT2D eigenvalue weighted by atomic mass is 10.1. The van der Waals surface area contributed by atoms with Crippen LogP contribution in [0.2, 0.25) is 0 Å². The van der Waals surface area contributed by atoms with Gasteiger partial charge >= 0.3 is 0 Å². The van der Waals surface area contributed by atoms with E-state index < -0.39 is 0 Å². The van der Waals surface area contributed by atoms with Crippen molar-refractivity contribution in [1.82, 2.24) is 5.32 Å². The minimum absolute atomic E-state index is 0.143. The maximum atomic E-state index is 8.86. The molecule has 18 heavy (non-hydrogen) atoms. The van der Waals surface area contributed by atoms with Gasteiger partial charge in [-0.2, -0.15) is 5.26 Å². The van der Waals surface area contributed by atoms with Gasteiger partial charge in [0.25, 0.3) is 0 Å². The van der Waals surface area contributed by atoms with Gasteiger partial charge in [0.1, 0.15) is 0 Å². The Labute approximate surface area is 109 Å². The van der Waals surface area contributed by atoms with Crippen LogP contribution in [0.15, 0.2) is 36.9 Å². The van der Waals surface area contributed by atoms with Crippen LogP contribution in [0.25, 0.3) is 0 Å². The summed E-state index contributed by atoms with van der Waals surface area (Å²) in [6, 6.07) is 10.0. The van der Waals surface area contributed by atoms with Crippen molar-refractivity contribution in [2.75, 3.05) is 13.2 Å². The molecule has 0 saturated carbocycles. The average molecular weight is 244 g/mol. The van der Waals surface area contributed by atoms with Crippen molar-refractivity contribution in [3.05, 3.63) is 48.0 Å². The summed E-state index contributed by atoms with van der Waals surface area (Å²) in [5.41, 5.74) is 1.81. The fourth-order valence-corrected chi connectivity index (χ4v) is 1.63. The number of nitrogens with one attached hydrogen (secondary N) is 1. The molecule has 0 radical (unpaired) electrons. The Morgan fingerprint density at radius 3 is 2.94 bits per heavy atom. The SMILES string of the molecule is C=CCOC(C)CNC(C)c1cccc(C#N)c1. The molecule has 0 aliphatic heterocycles. The Balaban J connectivity index is 2.47. The van der Waals surface area contributed by atoms with Crippen LogP contribution in [0.1, 0.15) is 31.0 Å². The summed E-state index contributed by atoms with van der Waals surface area (Å²) in [5, 5.41) is 12.2. The lowest BCUT2D eigenvalue weighted by Crippen LogP contribution is -2.29. The number of rotatable bonds is 7. The molecule has 1 rings (SSSR count). The van der Waals surface area contributed by atoms with Gasteiger partial charge < -0.3 is 10.1 Å². The Kier molecular flexibility index (Phi) is 6.13. The maximum absolute atomic E-state index is 8.86. The van der Waals surface area contributed by atoms with Crippen molar-refractivity contribution >= 4 is 0 Å². The van der Waals surface area contributed by atoms with E-state index in [1.54, 1.807) is 6.08 Å². The fraction of sp³-hybridized carbons (Fsp3) is 0.400. The monoisotopic (exact) mass is 244 g/mol. The van der Waals surface area contributed by atoms with Gasteiger partial charge in [-0.3, -0.25) is 0 Å². The minimum atomic E-state index is 0.143. The molecule has 0 heterocycles. The smallest absolute Gasteiger partial charge is 0.0991 e. The van der Waals surface area contributed by atoms with E-state index >= 15 is 0 Å². The van der Waals surface area contributed by atoms with Gasteiger partial charge in [0.15, 0.2) is 0 Å². The lowest BCUT2D eigenvalue weighted by Gasteiger charge is -2.18. The van der Waals surface area contributed by atoms with E-state index in [2.05, 4.69) is 24.9 Å². The van der Waals surface area contributed by atoms with E-state index in [1.165, 1.54) is 0 Å². The van der Waals surface area contributed by atoms with Gasteiger partial charge in [0.2, 0.25) is 0 Å². The molecule has 0 fully saturated rings. The van der Waals surface area contributed by atoms with Crippen LogP contribution in [0, 0.1) is 11.3 Å². The van der Waals surface area contributed by atoms with Gasteiger partial charge in [-0.25, -0.2) is 0 Å². The molecule has 2 unspecified atom stereocenters. The molecule has 2 atom stereocenters. The Morgan fingerprint density at radius 1 is 1.50 bits per heavy atom. The molecular formula is C15H20N2O. The predicted octanol–water partition coefficient (Wildman–Crippen LogP) is 2.80. The molecule has 0 bridgehead atoms.